The molecule has 1 aliphatic carbocycles. The lowest BCUT2D eigenvalue weighted by Crippen LogP contribution is -2.39. The number of amides is 1. The second kappa shape index (κ2) is 9.99. The van der Waals surface area contributed by atoms with E-state index >= 15 is 0 Å². The van der Waals surface area contributed by atoms with Gasteiger partial charge in [0.05, 0.1) is 0 Å². The van der Waals surface area contributed by atoms with Crippen molar-refractivity contribution in [1.29, 1.82) is 0 Å². The molecule has 0 bridgehead atoms. The minimum absolute atomic E-state index is 0.260. The van der Waals surface area contributed by atoms with Crippen LogP contribution in [0, 0.1) is 12.8 Å². The van der Waals surface area contributed by atoms with Crippen LogP contribution < -0.4 is 10.6 Å². The summed E-state index contributed by atoms with van der Waals surface area (Å²) >= 11 is 0. The Balaban J connectivity index is 1.28. The molecule has 0 aromatic heterocycles. The summed E-state index contributed by atoms with van der Waals surface area (Å²) in [4.78, 5) is 19.3. The summed E-state index contributed by atoms with van der Waals surface area (Å²) in [5.74, 6) is 1.99. The number of benzene rings is 2. The number of rotatable bonds is 8. The molecule has 1 heterocycles. The first-order valence-corrected chi connectivity index (χ1v) is 11.6. The van der Waals surface area contributed by atoms with Crippen molar-refractivity contribution >= 4 is 11.9 Å². The molecule has 1 saturated heterocycles. The first-order chi connectivity index (χ1) is 15.1. The van der Waals surface area contributed by atoms with E-state index in [1.807, 2.05) is 11.0 Å². The Morgan fingerprint density at radius 2 is 1.90 bits per heavy atom. The van der Waals surface area contributed by atoms with Crippen LogP contribution in [0.2, 0.25) is 0 Å². The average Bonchev–Trinajstić information content (AvgIpc) is 3.44. The van der Waals surface area contributed by atoms with Gasteiger partial charge in [-0.1, -0.05) is 54.6 Å². The number of aryl methyl sites for hydroxylation is 1. The molecule has 2 aromatic carbocycles. The molecule has 0 spiro atoms. The largest absolute Gasteiger partial charge is 0.357 e. The van der Waals surface area contributed by atoms with Gasteiger partial charge in [0.25, 0.3) is 0 Å². The highest BCUT2D eigenvalue weighted by Gasteiger charge is 2.39. The molecule has 2 aromatic rings. The number of nitrogens with one attached hydrogen (secondary N) is 2. The van der Waals surface area contributed by atoms with E-state index in [4.69, 9.17) is 4.99 Å². The molecule has 5 heteroatoms. The minimum atomic E-state index is 0.260. The average molecular weight is 419 g/mol. The van der Waals surface area contributed by atoms with E-state index in [0.717, 1.165) is 38.4 Å². The lowest BCUT2D eigenvalue weighted by molar-refractivity contribution is -0.127. The molecular weight excluding hydrogens is 384 g/mol. The van der Waals surface area contributed by atoms with Crippen molar-refractivity contribution in [2.75, 3.05) is 26.2 Å². The molecule has 3 atom stereocenters. The third-order valence-electron chi connectivity index (χ3n) is 6.36. The second-order valence-electron chi connectivity index (χ2n) is 8.81. The van der Waals surface area contributed by atoms with E-state index in [-0.39, 0.29) is 5.91 Å². The monoisotopic (exact) mass is 418 g/mol. The molecule has 3 unspecified atom stereocenters. The van der Waals surface area contributed by atoms with Crippen LogP contribution in [0.5, 0.6) is 0 Å². The fourth-order valence-electron chi connectivity index (χ4n) is 4.52. The Hall–Kier alpha value is -2.82. The summed E-state index contributed by atoms with van der Waals surface area (Å²) in [6.07, 6.45) is 2.66. The van der Waals surface area contributed by atoms with Crippen LogP contribution in [0.4, 0.5) is 0 Å². The molecule has 5 nitrogen and oxygen atoms in total. The van der Waals surface area contributed by atoms with Crippen molar-refractivity contribution in [3.63, 3.8) is 0 Å². The van der Waals surface area contributed by atoms with Crippen molar-refractivity contribution in [1.82, 2.24) is 15.5 Å². The summed E-state index contributed by atoms with van der Waals surface area (Å²) in [6.45, 7) is 7.40. The van der Waals surface area contributed by atoms with Gasteiger partial charge in [-0.25, -0.2) is 0 Å². The summed E-state index contributed by atoms with van der Waals surface area (Å²) in [5, 5.41) is 6.98. The van der Waals surface area contributed by atoms with Gasteiger partial charge in [0.15, 0.2) is 5.96 Å². The minimum Gasteiger partial charge on any atom is -0.357 e. The molecule has 2 N–H and O–H groups in total. The summed E-state index contributed by atoms with van der Waals surface area (Å²) in [5.41, 5.74) is 4.08. The van der Waals surface area contributed by atoms with Gasteiger partial charge in [-0.2, -0.15) is 0 Å². The summed E-state index contributed by atoms with van der Waals surface area (Å²) in [7, 11) is 0. The molecule has 1 saturated carbocycles. The maximum atomic E-state index is 12.4. The Kier molecular flexibility index (Phi) is 6.90. The number of guanidine groups is 1. The standard InChI is InChI=1S/C26H34N4O/c1-3-27-26(29-24-16-23(24)22-12-8-7-9-19(22)2)28-17-21-15-25(31)30(18-21)14-13-20-10-5-4-6-11-20/h4-12,21,23-24H,3,13-18H2,1-2H3,(H2,27,28,29). The van der Waals surface area contributed by atoms with Crippen LogP contribution in [-0.2, 0) is 11.2 Å². The van der Waals surface area contributed by atoms with Crippen LogP contribution in [0.25, 0.3) is 0 Å². The van der Waals surface area contributed by atoms with Crippen LogP contribution in [0.1, 0.15) is 42.4 Å². The lowest BCUT2D eigenvalue weighted by atomic mass is 10.0. The molecule has 2 fully saturated rings. The Morgan fingerprint density at radius 1 is 1.13 bits per heavy atom. The topological polar surface area (TPSA) is 56.7 Å². The Morgan fingerprint density at radius 3 is 2.68 bits per heavy atom. The zero-order chi connectivity index (χ0) is 21.6. The molecule has 31 heavy (non-hydrogen) atoms. The molecular formula is C26H34N4O. The number of aliphatic imine (C=N–C) groups is 1. The van der Waals surface area contributed by atoms with Crippen LogP contribution >= 0.6 is 0 Å². The van der Waals surface area contributed by atoms with Crippen molar-refractivity contribution < 1.29 is 4.79 Å². The van der Waals surface area contributed by atoms with E-state index < -0.39 is 0 Å². The van der Waals surface area contributed by atoms with Gasteiger partial charge in [0.2, 0.25) is 5.91 Å². The van der Waals surface area contributed by atoms with E-state index in [9.17, 15) is 4.79 Å². The molecule has 2 aliphatic rings. The number of nitrogens with zero attached hydrogens (tertiary/aromatic N) is 2. The van der Waals surface area contributed by atoms with Crippen LogP contribution in [-0.4, -0.2) is 49.0 Å². The fourth-order valence-corrected chi connectivity index (χ4v) is 4.52. The normalized spacial score (nSPS) is 23.2. The first kappa shape index (κ1) is 21.4. The Labute approximate surface area is 186 Å². The molecule has 0 radical (unpaired) electrons. The smallest absolute Gasteiger partial charge is 0.223 e. The Bertz CT molecular complexity index is 911. The second-order valence-corrected chi connectivity index (χ2v) is 8.81. The molecule has 1 amide bonds. The van der Waals surface area contributed by atoms with Gasteiger partial charge in [-0.15, -0.1) is 0 Å². The van der Waals surface area contributed by atoms with Crippen LogP contribution in [0.3, 0.4) is 0 Å². The van der Waals surface area contributed by atoms with E-state index in [2.05, 4.69) is 73.0 Å². The lowest BCUT2D eigenvalue weighted by Gasteiger charge is -2.16. The maximum absolute atomic E-state index is 12.4. The third-order valence-corrected chi connectivity index (χ3v) is 6.36. The van der Waals surface area contributed by atoms with Gasteiger partial charge in [0, 0.05) is 50.5 Å². The van der Waals surface area contributed by atoms with Crippen LogP contribution in [0.15, 0.2) is 59.6 Å². The van der Waals surface area contributed by atoms with Crippen molar-refractivity contribution in [3.8, 4) is 0 Å². The van der Waals surface area contributed by atoms with Gasteiger partial charge in [-0.05, 0) is 43.4 Å². The van der Waals surface area contributed by atoms with E-state index in [1.165, 1.54) is 16.7 Å². The predicted octanol–water partition coefficient (Wildman–Crippen LogP) is 3.50. The molecule has 4 rings (SSSR count). The van der Waals surface area contributed by atoms with E-state index in [1.54, 1.807) is 0 Å². The van der Waals surface area contributed by atoms with E-state index in [0.29, 0.717) is 30.8 Å². The van der Waals surface area contributed by atoms with Gasteiger partial charge in [-0.3, -0.25) is 9.79 Å². The highest BCUT2D eigenvalue weighted by molar-refractivity contribution is 5.81. The SMILES string of the molecule is CCNC(=NCC1CC(=O)N(CCc2ccccc2)C1)NC1CC1c1ccccc1C. The number of carbonyl (C=O) groups excluding carboxylic acids is 1. The summed E-state index contributed by atoms with van der Waals surface area (Å²) in [6, 6.07) is 19.5. The van der Waals surface area contributed by atoms with Crippen molar-refractivity contribution in [3.05, 3.63) is 71.3 Å². The predicted molar refractivity (Wildman–Crippen MR) is 126 cm³/mol. The van der Waals surface area contributed by atoms with Gasteiger partial charge >= 0.3 is 0 Å². The quantitative estimate of drug-likeness (QED) is 0.510. The van der Waals surface area contributed by atoms with Gasteiger partial charge in [0.1, 0.15) is 0 Å². The van der Waals surface area contributed by atoms with Crippen molar-refractivity contribution in [2.45, 2.75) is 45.1 Å². The fraction of sp³-hybridized carbons (Fsp3) is 0.462. The number of likely N-dealkylation sites (tertiary alicyclic amines) is 1. The highest BCUT2D eigenvalue weighted by atomic mass is 16.2. The third kappa shape index (κ3) is 5.66. The maximum Gasteiger partial charge on any atom is 0.223 e. The van der Waals surface area contributed by atoms with Gasteiger partial charge < -0.3 is 15.5 Å². The van der Waals surface area contributed by atoms with Crippen molar-refractivity contribution in [2.24, 2.45) is 10.9 Å². The molecule has 1 aliphatic heterocycles. The number of hydrogen-bond donors (Lipinski definition) is 2. The first-order valence-electron chi connectivity index (χ1n) is 11.6. The number of hydrogen-bond acceptors (Lipinski definition) is 2. The number of carbonyl (C=O) groups is 1. The zero-order valence-corrected chi connectivity index (χ0v) is 18.7. The molecule has 164 valence electrons. The summed E-state index contributed by atoms with van der Waals surface area (Å²) < 4.78 is 0. The zero-order valence-electron chi connectivity index (χ0n) is 18.7. The highest BCUT2D eigenvalue weighted by Crippen LogP contribution is 2.42.